The molecule has 0 radical (unpaired) electrons. The maximum atomic E-state index is 12.1. The first-order valence-corrected chi connectivity index (χ1v) is 6.00. The highest BCUT2D eigenvalue weighted by Gasteiger charge is 2.23. The number of nitrogens with one attached hydrogen (secondary N) is 1. The Morgan fingerprint density at radius 1 is 1.56 bits per heavy atom. The Morgan fingerprint density at radius 3 is 2.69 bits per heavy atom. The number of carbonyl (C=O) groups excluding carboxylic acids is 1. The van der Waals surface area contributed by atoms with Crippen molar-refractivity contribution in [3.05, 3.63) is 11.9 Å². The fourth-order valence-corrected chi connectivity index (χ4v) is 1.90. The normalized spacial score (nSPS) is 10.8. The molecule has 0 aliphatic carbocycles. The lowest BCUT2D eigenvalue weighted by molar-refractivity contribution is 0.0675. The van der Waals surface area contributed by atoms with Crippen LogP contribution in [0.4, 0.5) is 0 Å². The molecule has 0 saturated heterocycles. The van der Waals surface area contributed by atoms with E-state index in [1.807, 2.05) is 0 Å². The molecule has 0 atom stereocenters. The summed E-state index contributed by atoms with van der Waals surface area (Å²) < 4.78 is 0. The molecule has 0 fully saturated rings. The van der Waals surface area contributed by atoms with Gasteiger partial charge < -0.3 is 4.90 Å². The van der Waals surface area contributed by atoms with Crippen LogP contribution in [0.15, 0.2) is 6.20 Å². The van der Waals surface area contributed by atoms with E-state index >= 15 is 0 Å². The molecule has 0 aliphatic heterocycles. The van der Waals surface area contributed by atoms with Crippen LogP contribution < -0.4 is 0 Å². The van der Waals surface area contributed by atoms with Gasteiger partial charge in [-0.3, -0.25) is 4.79 Å². The number of aromatic amines is 1. The number of hydrogen-bond donors (Lipinski definition) is 1. The van der Waals surface area contributed by atoms with Crippen molar-refractivity contribution in [2.45, 2.75) is 32.7 Å². The highest BCUT2D eigenvalue weighted by Crippen LogP contribution is 2.12. The molecule has 0 spiro atoms. The summed E-state index contributed by atoms with van der Waals surface area (Å²) in [7, 11) is 0. The van der Waals surface area contributed by atoms with Crippen LogP contribution in [0.25, 0.3) is 0 Å². The van der Waals surface area contributed by atoms with Crippen LogP contribution in [0.1, 0.15) is 37.2 Å². The quantitative estimate of drug-likeness (QED) is 0.775. The van der Waals surface area contributed by atoms with Gasteiger partial charge >= 0.3 is 0 Å². The third-order valence-electron chi connectivity index (χ3n) is 2.60. The molecule has 1 aromatic rings. The van der Waals surface area contributed by atoms with Gasteiger partial charge in [0.25, 0.3) is 5.91 Å². The summed E-state index contributed by atoms with van der Waals surface area (Å²) in [5, 5.41) is 9.88. The highest BCUT2D eigenvalue weighted by atomic mass is 35.5. The zero-order valence-electron chi connectivity index (χ0n) is 9.61. The highest BCUT2D eigenvalue weighted by molar-refractivity contribution is 6.18. The number of carbonyl (C=O) groups is 1. The summed E-state index contributed by atoms with van der Waals surface area (Å²) in [5.41, 5.74) is 0.344. The number of rotatable bonds is 6. The van der Waals surface area contributed by atoms with Crippen molar-refractivity contribution in [1.82, 2.24) is 20.3 Å². The van der Waals surface area contributed by atoms with Crippen molar-refractivity contribution in [3.8, 4) is 0 Å². The van der Waals surface area contributed by atoms with Crippen LogP contribution in [0, 0.1) is 0 Å². The van der Waals surface area contributed by atoms with Gasteiger partial charge in [-0.15, -0.1) is 11.6 Å². The number of hydrogen-bond acceptors (Lipinski definition) is 3. The second kappa shape index (κ2) is 6.48. The molecule has 1 aromatic heterocycles. The van der Waals surface area contributed by atoms with E-state index in [9.17, 15) is 4.79 Å². The number of halogens is 1. The Labute approximate surface area is 100 Å². The molecule has 90 valence electrons. The van der Waals surface area contributed by atoms with Crippen LogP contribution >= 0.6 is 11.6 Å². The molecule has 0 bridgehead atoms. The fourth-order valence-electron chi connectivity index (χ4n) is 1.72. The average molecular weight is 245 g/mol. The van der Waals surface area contributed by atoms with Gasteiger partial charge in [0, 0.05) is 18.5 Å². The lowest BCUT2D eigenvalue weighted by Gasteiger charge is -2.29. The molecule has 5 nitrogen and oxygen atoms in total. The van der Waals surface area contributed by atoms with Crippen molar-refractivity contribution in [2.75, 3.05) is 12.4 Å². The van der Waals surface area contributed by atoms with Crippen LogP contribution in [-0.2, 0) is 0 Å². The first-order chi connectivity index (χ1) is 7.74. The number of aromatic nitrogens is 3. The lowest BCUT2D eigenvalue weighted by Crippen LogP contribution is -2.41. The molecule has 6 heteroatoms. The Morgan fingerprint density at radius 2 is 2.25 bits per heavy atom. The second-order valence-electron chi connectivity index (χ2n) is 3.51. The summed E-state index contributed by atoms with van der Waals surface area (Å²) in [4.78, 5) is 13.9. The van der Waals surface area contributed by atoms with Crippen LogP contribution in [0.3, 0.4) is 0 Å². The molecule has 0 unspecified atom stereocenters. The smallest absolute Gasteiger partial charge is 0.276 e. The van der Waals surface area contributed by atoms with Crippen molar-refractivity contribution >= 4 is 17.5 Å². The molecule has 1 N–H and O–H groups in total. The SMILES string of the molecule is CCC(CC)N(CCCl)C(=O)c1cn[nH]n1. The van der Waals surface area contributed by atoms with Gasteiger partial charge in [0.2, 0.25) is 0 Å². The standard InChI is InChI=1S/C10H17ClN4O/c1-3-8(4-2)15(6-5-11)10(16)9-7-12-14-13-9/h7-8H,3-6H2,1-2H3,(H,12,13,14). The van der Waals surface area contributed by atoms with Gasteiger partial charge in [0.15, 0.2) is 5.69 Å². The van der Waals surface area contributed by atoms with Crippen molar-refractivity contribution in [1.29, 1.82) is 0 Å². The number of alkyl halides is 1. The van der Waals surface area contributed by atoms with Gasteiger partial charge in [-0.05, 0) is 12.8 Å². The molecule has 0 aromatic carbocycles. The van der Waals surface area contributed by atoms with Crippen molar-refractivity contribution in [3.63, 3.8) is 0 Å². The van der Waals surface area contributed by atoms with E-state index in [0.717, 1.165) is 12.8 Å². The van der Waals surface area contributed by atoms with Crippen LogP contribution in [0.2, 0.25) is 0 Å². The van der Waals surface area contributed by atoms with E-state index in [1.165, 1.54) is 6.20 Å². The molecule has 0 saturated carbocycles. The minimum atomic E-state index is -0.108. The maximum absolute atomic E-state index is 12.1. The predicted octanol–water partition coefficient (Wildman–Crippen LogP) is 1.67. The molecule has 16 heavy (non-hydrogen) atoms. The third kappa shape index (κ3) is 2.95. The van der Waals surface area contributed by atoms with Gasteiger partial charge in [0.1, 0.15) is 0 Å². The Bertz CT molecular complexity index is 311. The molecule has 0 aliphatic rings. The maximum Gasteiger partial charge on any atom is 0.276 e. The first-order valence-electron chi connectivity index (χ1n) is 5.47. The number of nitrogens with zero attached hydrogens (tertiary/aromatic N) is 3. The van der Waals surface area contributed by atoms with Gasteiger partial charge in [0.05, 0.1) is 6.20 Å². The van der Waals surface area contributed by atoms with E-state index in [-0.39, 0.29) is 11.9 Å². The zero-order chi connectivity index (χ0) is 12.0. The van der Waals surface area contributed by atoms with Crippen LogP contribution in [0.5, 0.6) is 0 Å². The van der Waals surface area contributed by atoms with E-state index < -0.39 is 0 Å². The Balaban J connectivity index is 2.80. The summed E-state index contributed by atoms with van der Waals surface area (Å²) in [6.07, 6.45) is 3.26. The topological polar surface area (TPSA) is 61.9 Å². The second-order valence-corrected chi connectivity index (χ2v) is 3.89. The Kier molecular flexibility index (Phi) is 5.25. The summed E-state index contributed by atoms with van der Waals surface area (Å²) in [5.74, 6) is 0.322. The molecule has 1 rings (SSSR count). The first kappa shape index (κ1) is 13.0. The average Bonchev–Trinajstić information content (AvgIpc) is 2.82. The summed E-state index contributed by atoms with van der Waals surface area (Å²) in [6.45, 7) is 4.66. The summed E-state index contributed by atoms with van der Waals surface area (Å²) >= 11 is 5.72. The number of H-pyrrole nitrogens is 1. The number of amides is 1. The van der Waals surface area contributed by atoms with Crippen molar-refractivity contribution < 1.29 is 4.79 Å². The van der Waals surface area contributed by atoms with E-state index in [4.69, 9.17) is 11.6 Å². The van der Waals surface area contributed by atoms with E-state index in [0.29, 0.717) is 18.1 Å². The molecule has 1 amide bonds. The lowest BCUT2D eigenvalue weighted by atomic mass is 10.1. The molecule has 1 heterocycles. The molecular weight excluding hydrogens is 228 g/mol. The zero-order valence-corrected chi connectivity index (χ0v) is 10.4. The van der Waals surface area contributed by atoms with Crippen molar-refractivity contribution in [2.24, 2.45) is 0 Å². The third-order valence-corrected chi connectivity index (χ3v) is 2.77. The predicted molar refractivity (Wildman–Crippen MR) is 62.5 cm³/mol. The minimum absolute atomic E-state index is 0.108. The summed E-state index contributed by atoms with van der Waals surface area (Å²) in [6, 6.07) is 0.211. The fraction of sp³-hybridized carbons (Fsp3) is 0.700. The van der Waals surface area contributed by atoms with Gasteiger partial charge in [-0.2, -0.15) is 15.4 Å². The largest absolute Gasteiger partial charge is 0.333 e. The molecular formula is C10H17ClN4O. The van der Waals surface area contributed by atoms with E-state index in [2.05, 4.69) is 29.3 Å². The van der Waals surface area contributed by atoms with E-state index in [1.54, 1.807) is 4.90 Å². The van der Waals surface area contributed by atoms with Gasteiger partial charge in [-0.1, -0.05) is 13.8 Å². The Hall–Kier alpha value is -1.10. The van der Waals surface area contributed by atoms with Crippen LogP contribution in [-0.4, -0.2) is 44.7 Å². The monoisotopic (exact) mass is 244 g/mol. The van der Waals surface area contributed by atoms with Gasteiger partial charge in [-0.25, -0.2) is 0 Å². The minimum Gasteiger partial charge on any atom is -0.333 e.